The number of aromatic amines is 3. The van der Waals surface area contributed by atoms with Crippen LogP contribution in [0.1, 0.15) is 43.1 Å². The van der Waals surface area contributed by atoms with E-state index < -0.39 is 185 Å². The third-order valence-corrected chi connectivity index (χ3v) is 15.2. The number of nitrogen functional groups attached to an aromatic ring is 3. The molecule has 12 heterocycles. The first-order chi connectivity index (χ1) is 44.4. The fourth-order valence-corrected chi connectivity index (χ4v) is 10.2. The van der Waals surface area contributed by atoms with E-state index in [0.717, 1.165) is 32.3 Å². The minimum Gasteiger partial charge on any atom is -0.790 e. The van der Waals surface area contributed by atoms with Crippen molar-refractivity contribution in [1.29, 1.82) is 0 Å². The van der Waals surface area contributed by atoms with Gasteiger partial charge in [-0.25, -0.2) is 34.3 Å². The molecule has 0 aliphatic carbocycles. The molecule has 5 aliphatic heterocycles. The van der Waals surface area contributed by atoms with Gasteiger partial charge >= 0.3 is 76.2 Å². The molecule has 5 aliphatic rings. The number of phosphoric acid groups is 1. The van der Waals surface area contributed by atoms with Gasteiger partial charge in [-0.1, -0.05) is 0 Å². The van der Waals surface area contributed by atoms with E-state index in [9.17, 15) is 89.1 Å². The summed E-state index contributed by atoms with van der Waals surface area (Å²) >= 11 is 0. The third kappa shape index (κ3) is 17.7. The Labute approximate surface area is 578 Å². The van der Waals surface area contributed by atoms with Gasteiger partial charge in [0.25, 0.3) is 16.7 Å². The van der Waals surface area contributed by atoms with Gasteiger partial charge in [0, 0.05) is 36.6 Å². The molecule has 0 radical (unpaired) electrons. The van der Waals surface area contributed by atoms with Gasteiger partial charge in [0.05, 0.1) is 59.6 Å². The second kappa shape index (κ2) is 33.7. The molecule has 5 saturated heterocycles. The third-order valence-electron chi connectivity index (χ3n) is 14.8. The summed E-state index contributed by atoms with van der Waals surface area (Å²) in [6.07, 6.45) is -13.3. The summed E-state index contributed by atoms with van der Waals surface area (Å²) in [6, 6.07) is 2.46. The number of ether oxygens (including phenoxy) is 5. The van der Waals surface area contributed by atoms with Crippen molar-refractivity contribution in [2.45, 2.75) is 130 Å². The van der Waals surface area contributed by atoms with Crippen LogP contribution in [0.2, 0.25) is 0 Å². The molecule has 0 saturated carbocycles. The number of imidazole rings is 2. The van der Waals surface area contributed by atoms with E-state index in [4.69, 9.17) is 61.3 Å². The Morgan fingerprint density at radius 1 is 0.562 bits per heavy atom. The van der Waals surface area contributed by atoms with Crippen molar-refractivity contribution in [3.8, 4) is 0 Å². The number of rotatable bonds is 12. The normalized spacial score (nSPS) is 29.8. The summed E-state index contributed by atoms with van der Waals surface area (Å²) in [4.78, 5) is 119. The first-order valence-corrected chi connectivity index (χ1v) is 29.0. The molecule has 0 unspecified atom stereocenters. The molecule has 0 spiro atoms. The smallest absolute Gasteiger partial charge is 0.790 e. The number of aryl methyl sites for hydroxylation is 1. The Morgan fingerprint density at radius 3 is 1.54 bits per heavy atom. The molecule has 0 aromatic carbocycles. The first kappa shape index (κ1) is 78.9. The van der Waals surface area contributed by atoms with Crippen LogP contribution in [0, 0.1) is 6.92 Å². The van der Waals surface area contributed by atoms with Crippen molar-refractivity contribution in [1.82, 2.24) is 67.7 Å². The molecule has 7 aromatic heterocycles. The van der Waals surface area contributed by atoms with Crippen molar-refractivity contribution in [2.75, 3.05) is 50.2 Å². The van der Waals surface area contributed by atoms with Crippen LogP contribution in [-0.4, -0.2) is 253 Å². The van der Waals surface area contributed by atoms with E-state index in [1.165, 1.54) is 40.2 Å². The second-order valence-electron chi connectivity index (χ2n) is 21.0. The van der Waals surface area contributed by atoms with Gasteiger partial charge in [0.2, 0.25) is 5.95 Å². The van der Waals surface area contributed by atoms with Gasteiger partial charge < -0.3 is 126 Å². The number of phosphoric ester groups is 1. The topological polar surface area (TPSA) is 711 Å². The molecule has 45 nitrogen and oxygen atoms in total. The molecule has 22 N–H and O–H groups in total. The minimum absolute atomic E-state index is 0. The molecule has 12 rings (SSSR count). The number of fused-ring (bicyclic) bond motifs is 2. The maximum absolute atomic E-state index is 11.7. The zero-order chi connectivity index (χ0) is 68.9. The van der Waals surface area contributed by atoms with Crippen molar-refractivity contribution >= 4 is 47.7 Å². The molecule has 0 bridgehead atoms. The zero-order valence-electron chi connectivity index (χ0n) is 50.4. The predicted octanol–water partition coefficient (Wildman–Crippen LogP) is -18.7. The maximum Gasteiger partial charge on any atom is 1.00 e. The van der Waals surface area contributed by atoms with Crippen LogP contribution in [0.5, 0.6) is 0 Å². The standard InChI is InChI=1S/C10H14N5O8P.C10H13N5O4.C10H14N2O5.C9H13N3O5.C9H12N2O6.2Na/c11-10-13-7-4(8(18)14-10)12-2-15(7)9-6(17)5(16)3(23-9)1-22-24(19,20)21;11-8-5-9(13-2-12-8)15(3-14-5)10-7(18)6(17)4(1-16)19-10;1-5-3-12(10(16)11-9(5)15)8-2-6(14)7(4-13)17-8;10-5-1-2-12(9(16)11-5)8-7(15)6(14)4(3-13)17-8;12-3-4-6(14)7(15)8(17-4)11-2-1-5(13)10-9(11)16;;/h2-3,5-6,9,16-17H,1H2,(H2,19,20,21)(H3,11,13,14,18);2-4,6-7,10,16-18H,1H2,(H2,11,12,13);3,6-8,13-14H,2,4H2,1H3,(H,11,15,16);1-2,4,6-8,13-15H,3H2,(H2,10,11,16);1-2,4,6-8,12,14-15H,3H2,(H,10,13,16);;/q;;;;;2*+1/p-2/t3-,5-,6-,9-;4-,6-,7-,10-;6-,7+,8+;2*4-,6-,7-,8-;;/m11011../s1. The fourth-order valence-electron chi connectivity index (χ4n) is 9.87. The van der Waals surface area contributed by atoms with Gasteiger partial charge in [-0.05, 0) is 13.0 Å². The molecular formula is C48H64N17Na2O28P. The minimum atomic E-state index is -5.26. The number of hydrogen-bond acceptors (Lipinski definition) is 37. The summed E-state index contributed by atoms with van der Waals surface area (Å²) in [5.41, 5.74) is 13.9. The molecule has 48 heteroatoms. The van der Waals surface area contributed by atoms with E-state index in [0.29, 0.717) is 16.7 Å². The average molecular weight is 1400 g/mol. The van der Waals surface area contributed by atoms with Gasteiger partial charge in [-0.15, -0.1) is 0 Å². The van der Waals surface area contributed by atoms with E-state index in [1.807, 2.05) is 4.98 Å². The van der Waals surface area contributed by atoms with Crippen LogP contribution >= 0.6 is 7.82 Å². The van der Waals surface area contributed by atoms with E-state index in [1.54, 1.807) is 6.92 Å². The monoisotopic (exact) mass is 1400 g/mol. The van der Waals surface area contributed by atoms with Crippen molar-refractivity contribution in [3.05, 3.63) is 118 Å². The van der Waals surface area contributed by atoms with Crippen LogP contribution in [0.4, 0.5) is 17.6 Å². The van der Waals surface area contributed by atoms with Crippen LogP contribution in [0.3, 0.4) is 0 Å². The summed E-state index contributed by atoms with van der Waals surface area (Å²) in [6.45, 7) is -0.836. The molecular weight excluding hydrogens is 1340 g/mol. The van der Waals surface area contributed by atoms with Gasteiger partial charge in [0.1, 0.15) is 103 Å². The fraction of sp³-hybridized carbons (Fsp3) is 0.542. The summed E-state index contributed by atoms with van der Waals surface area (Å²) in [5, 5.41) is 123. The Balaban J connectivity index is 0.000000190. The van der Waals surface area contributed by atoms with Gasteiger partial charge in [-0.3, -0.25) is 52.2 Å². The van der Waals surface area contributed by atoms with Gasteiger partial charge in [0.15, 0.2) is 47.5 Å². The number of nitrogens with zero attached hydrogens (tertiary/aromatic N) is 11. The molecule has 19 atom stereocenters. The first-order valence-electron chi connectivity index (χ1n) is 27.6. The molecule has 0 amide bonds. The van der Waals surface area contributed by atoms with Gasteiger partial charge in [-0.2, -0.15) is 9.97 Å². The number of H-pyrrole nitrogens is 3. The Kier molecular flexibility index (Phi) is 27.7. The van der Waals surface area contributed by atoms with Crippen LogP contribution in [0.25, 0.3) is 22.3 Å². The number of aromatic nitrogens is 14. The second-order valence-corrected chi connectivity index (χ2v) is 22.1. The molecule has 96 heavy (non-hydrogen) atoms. The predicted molar refractivity (Wildman–Crippen MR) is 303 cm³/mol. The number of anilines is 3. The van der Waals surface area contributed by atoms with E-state index in [-0.39, 0.29) is 101 Å². The number of aliphatic hydroxyl groups excluding tert-OH is 13. The molecule has 7 aromatic rings. The van der Waals surface area contributed by atoms with Crippen LogP contribution in [-0.2, 0) is 32.8 Å². The van der Waals surface area contributed by atoms with Crippen molar-refractivity contribution < 1.29 is 168 Å². The number of nitrogens with one attached hydrogen (secondary N) is 3. The number of hydrogen-bond donors (Lipinski definition) is 19. The van der Waals surface area contributed by atoms with Crippen LogP contribution < -0.4 is 120 Å². The van der Waals surface area contributed by atoms with Crippen molar-refractivity contribution in [2.24, 2.45) is 0 Å². The van der Waals surface area contributed by atoms with E-state index in [2.05, 4.69) is 44.4 Å². The number of nitrogens with two attached hydrogens (primary N) is 3. The maximum atomic E-state index is 11.7. The zero-order valence-corrected chi connectivity index (χ0v) is 55.3. The Morgan fingerprint density at radius 2 is 1.04 bits per heavy atom. The average Bonchev–Trinajstić information content (AvgIpc) is 1.64. The quantitative estimate of drug-likeness (QED) is 0.0399. The van der Waals surface area contributed by atoms with Crippen molar-refractivity contribution in [3.63, 3.8) is 0 Å². The van der Waals surface area contributed by atoms with E-state index >= 15 is 0 Å². The summed E-state index contributed by atoms with van der Waals surface area (Å²) < 4.78 is 46.7. The Bertz CT molecular complexity index is 4170. The largest absolute Gasteiger partial charge is 1.00 e. The summed E-state index contributed by atoms with van der Waals surface area (Å²) in [5.74, 6) is 0.0781. The summed E-state index contributed by atoms with van der Waals surface area (Å²) in [7, 11) is -5.26. The Hall–Kier alpha value is -6.07. The molecule has 516 valence electrons. The molecule has 5 fully saturated rings. The number of aliphatic hydroxyl groups is 13. The SMILES string of the molecule is Cc1cn([C@H]2C[C@H](O)[C@@H](CO)O2)c(=O)[nH]c1=O.Nc1ccn([C@@H]2O[C@H](CO)[C@@H](O)[C@H]2O)c(=O)n1.Nc1nc2c(ncn2[C@@H]2O[C@H](COP(=O)([O-])[O-])[C@@H](O)[C@H]2O)c(=O)[nH]1.Nc1ncnc2c1ncn2[C@@H]1O[C@H](CO)[C@@H](O)[C@H]1O.O=c1ccn([C@@H]2O[C@H](CO)[C@@H](O)[C@H]2O)c(=O)[nH]1.[Na+].[Na+]. The van der Waals surface area contributed by atoms with Crippen LogP contribution in [0.15, 0.2) is 78.5 Å².